The van der Waals surface area contributed by atoms with Gasteiger partial charge in [0.2, 0.25) is 0 Å². The summed E-state index contributed by atoms with van der Waals surface area (Å²) >= 11 is 5.85. The van der Waals surface area contributed by atoms with Crippen molar-refractivity contribution in [1.82, 2.24) is 5.16 Å². The van der Waals surface area contributed by atoms with Crippen LogP contribution in [0.15, 0.2) is 47.0 Å². The van der Waals surface area contributed by atoms with Crippen molar-refractivity contribution in [2.75, 3.05) is 11.9 Å². The number of nitrogens with zero attached hydrogens (tertiary/aromatic N) is 1. The quantitative estimate of drug-likeness (QED) is 0.434. The summed E-state index contributed by atoms with van der Waals surface area (Å²) in [5.41, 5.74) is 1.79. The van der Waals surface area contributed by atoms with Crippen LogP contribution in [0.1, 0.15) is 27.4 Å². The number of carbonyl (C=O) groups excluding carboxylic acids is 2. The summed E-state index contributed by atoms with van der Waals surface area (Å²) in [6, 6.07) is 10.2. The molecule has 33 heavy (non-hydrogen) atoms. The van der Waals surface area contributed by atoms with E-state index < -0.39 is 25.1 Å². The van der Waals surface area contributed by atoms with Crippen LogP contribution >= 0.6 is 11.6 Å². The zero-order valence-electron chi connectivity index (χ0n) is 17.6. The van der Waals surface area contributed by atoms with Gasteiger partial charge in [-0.25, -0.2) is 4.79 Å². The summed E-state index contributed by atoms with van der Waals surface area (Å²) in [5, 5.41) is 6.18. The zero-order chi connectivity index (χ0) is 24.0. The lowest BCUT2D eigenvalue weighted by Crippen LogP contribution is -2.21. The highest BCUT2D eigenvalue weighted by molar-refractivity contribution is 6.32. The molecule has 0 spiro atoms. The second-order valence-corrected chi connectivity index (χ2v) is 7.14. The number of nitrogens with one attached hydrogen (secondary N) is 1. The highest BCUT2D eigenvalue weighted by Crippen LogP contribution is 2.29. The van der Waals surface area contributed by atoms with E-state index in [2.05, 4.69) is 15.2 Å². The Morgan fingerprint density at radius 2 is 1.91 bits per heavy atom. The number of benzene rings is 2. The summed E-state index contributed by atoms with van der Waals surface area (Å²) in [4.78, 5) is 24.6. The Morgan fingerprint density at radius 1 is 1.15 bits per heavy atom. The van der Waals surface area contributed by atoms with Crippen LogP contribution in [0.5, 0.6) is 11.5 Å². The molecule has 0 fully saturated rings. The molecule has 0 aliphatic carbocycles. The van der Waals surface area contributed by atoms with Gasteiger partial charge in [0, 0.05) is 5.69 Å². The third kappa shape index (κ3) is 6.42. The molecule has 174 valence electrons. The van der Waals surface area contributed by atoms with Crippen molar-refractivity contribution in [3.05, 3.63) is 70.1 Å². The minimum atomic E-state index is -3.03. The summed E-state index contributed by atoms with van der Waals surface area (Å²) in [5.74, 6) is -0.777. The first kappa shape index (κ1) is 24.0. The van der Waals surface area contributed by atoms with Crippen molar-refractivity contribution >= 4 is 29.2 Å². The molecule has 0 aliphatic heterocycles. The van der Waals surface area contributed by atoms with Crippen LogP contribution < -0.4 is 14.8 Å². The van der Waals surface area contributed by atoms with E-state index in [1.807, 2.05) is 0 Å². The number of carbonyl (C=O) groups is 2. The second kappa shape index (κ2) is 10.8. The standard InChI is InChI=1S/C22H19ClF2N2O6/c1-12-16(13(2)33-27-12)10-30-18-6-4-3-5-15(18)21(29)31-11-20(28)26-14-7-8-19(17(23)9-14)32-22(24)25/h3-9,22H,10-11H2,1-2H3,(H,26,28). The Morgan fingerprint density at radius 3 is 2.58 bits per heavy atom. The van der Waals surface area contributed by atoms with Crippen molar-refractivity contribution in [3.63, 3.8) is 0 Å². The number of ether oxygens (including phenoxy) is 3. The lowest BCUT2D eigenvalue weighted by molar-refractivity contribution is -0.119. The number of amides is 1. The van der Waals surface area contributed by atoms with E-state index in [1.165, 1.54) is 24.3 Å². The molecule has 0 unspecified atom stereocenters. The maximum atomic E-state index is 12.5. The molecular formula is C22H19ClF2N2O6. The second-order valence-electron chi connectivity index (χ2n) is 6.74. The molecule has 1 heterocycles. The van der Waals surface area contributed by atoms with Gasteiger partial charge in [0.1, 0.15) is 29.4 Å². The first-order valence-electron chi connectivity index (χ1n) is 9.59. The highest BCUT2D eigenvalue weighted by atomic mass is 35.5. The molecule has 1 aromatic heterocycles. The highest BCUT2D eigenvalue weighted by Gasteiger charge is 2.17. The number of rotatable bonds is 9. The molecule has 2 aromatic carbocycles. The van der Waals surface area contributed by atoms with Gasteiger partial charge in [-0.05, 0) is 44.2 Å². The lowest BCUT2D eigenvalue weighted by atomic mass is 10.2. The first-order valence-corrected chi connectivity index (χ1v) is 9.97. The maximum absolute atomic E-state index is 12.5. The van der Waals surface area contributed by atoms with Gasteiger partial charge in [-0.15, -0.1) is 0 Å². The average Bonchev–Trinajstić information content (AvgIpc) is 3.09. The minimum absolute atomic E-state index is 0.116. The molecule has 3 aromatic rings. The number of anilines is 1. The molecule has 1 amide bonds. The van der Waals surface area contributed by atoms with Crippen LogP contribution in [0, 0.1) is 13.8 Å². The molecule has 0 aliphatic rings. The molecule has 0 atom stereocenters. The predicted octanol–water partition coefficient (Wildman–Crippen LogP) is 4.92. The molecule has 11 heteroatoms. The van der Waals surface area contributed by atoms with E-state index in [0.717, 1.165) is 5.56 Å². The van der Waals surface area contributed by atoms with Gasteiger partial charge in [0.15, 0.2) is 6.61 Å². The normalized spacial score (nSPS) is 10.7. The van der Waals surface area contributed by atoms with Crippen LogP contribution in [0.4, 0.5) is 14.5 Å². The Kier molecular flexibility index (Phi) is 7.83. The van der Waals surface area contributed by atoms with Crippen LogP contribution in [-0.4, -0.2) is 30.3 Å². The number of esters is 1. The smallest absolute Gasteiger partial charge is 0.387 e. The molecule has 0 saturated carbocycles. The Labute approximate surface area is 192 Å². The van der Waals surface area contributed by atoms with Crippen molar-refractivity contribution in [2.45, 2.75) is 27.1 Å². The monoisotopic (exact) mass is 480 g/mol. The minimum Gasteiger partial charge on any atom is -0.488 e. The SMILES string of the molecule is Cc1noc(C)c1COc1ccccc1C(=O)OCC(=O)Nc1ccc(OC(F)F)c(Cl)c1. The van der Waals surface area contributed by atoms with Crippen LogP contribution in [0.2, 0.25) is 5.02 Å². The van der Waals surface area contributed by atoms with Gasteiger partial charge in [-0.1, -0.05) is 28.9 Å². The van der Waals surface area contributed by atoms with E-state index in [9.17, 15) is 18.4 Å². The number of para-hydroxylation sites is 1. The maximum Gasteiger partial charge on any atom is 0.387 e. The van der Waals surface area contributed by atoms with Crippen molar-refractivity contribution in [2.24, 2.45) is 0 Å². The van der Waals surface area contributed by atoms with Gasteiger partial charge in [-0.2, -0.15) is 8.78 Å². The van der Waals surface area contributed by atoms with E-state index in [-0.39, 0.29) is 34.4 Å². The molecular weight excluding hydrogens is 462 g/mol. The molecule has 0 saturated heterocycles. The number of hydrogen-bond acceptors (Lipinski definition) is 7. The van der Waals surface area contributed by atoms with Crippen LogP contribution in [0.25, 0.3) is 0 Å². The van der Waals surface area contributed by atoms with E-state index in [1.54, 1.807) is 32.0 Å². The molecule has 8 nitrogen and oxygen atoms in total. The third-order valence-electron chi connectivity index (χ3n) is 4.43. The fourth-order valence-corrected chi connectivity index (χ4v) is 3.02. The van der Waals surface area contributed by atoms with Gasteiger partial charge in [0.25, 0.3) is 5.91 Å². The fourth-order valence-electron chi connectivity index (χ4n) is 2.80. The van der Waals surface area contributed by atoms with E-state index >= 15 is 0 Å². The lowest BCUT2D eigenvalue weighted by Gasteiger charge is -2.12. The number of hydrogen-bond donors (Lipinski definition) is 1. The molecule has 3 rings (SSSR count). The Balaban J connectivity index is 1.57. The Hall–Kier alpha value is -3.66. The van der Waals surface area contributed by atoms with Gasteiger partial charge >= 0.3 is 12.6 Å². The number of alkyl halides is 2. The summed E-state index contributed by atoms with van der Waals surface area (Å²) in [7, 11) is 0. The van der Waals surface area contributed by atoms with Crippen molar-refractivity contribution in [1.29, 1.82) is 0 Å². The predicted molar refractivity (Wildman–Crippen MR) is 114 cm³/mol. The molecule has 1 N–H and O–H groups in total. The van der Waals surface area contributed by atoms with Gasteiger partial charge < -0.3 is 24.1 Å². The fraction of sp³-hybridized carbons (Fsp3) is 0.227. The summed E-state index contributed by atoms with van der Waals surface area (Å²) in [6.45, 7) is 0.0468. The number of aromatic nitrogens is 1. The van der Waals surface area contributed by atoms with Crippen LogP contribution in [-0.2, 0) is 16.1 Å². The van der Waals surface area contributed by atoms with Gasteiger partial charge in [-0.3, -0.25) is 4.79 Å². The summed E-state index contributed by atoms with van der Waals surface area (Å²) < 4.78 is 44.7. The first-order chi connectivity index (χ1) is 15.7. The zero-order valence-corrected chi connectivity index (χ0v) is 18.3. The van der Waals surface area contributed by atoms with E-state index in [0.29, 0.717) is 11.5 Å². The summed E-state index contributed by atoms with van der Waals surface area (Å²) in [6.07, 6.45) is 0. The largest absolute Gasteiger partial charge is 0.488 e. The van der Waals surface area contributed by atoms with Crippen LogP contribution in [0.3, 0.4) is 0 Å². The van der Waals surface area contributed by atoms with Crippen molar-refractivity contribution in [3.8, 4) is 11.5 Å². The Bertz CT molecular complexity index is 1130. The topological polar surface area (TPSA) is 99.9 Å². The van der Waals surface area contributed by atoms with E-state index in [4.69, 9.17) is 25.6 Å². The average molecular weight is 481 g/mol. The third-order valence-corrected chi connectivity index (χ3v) is 4.72. The molecule has 0 radical (unpaired) electrons. The molecule has 0 bridgehead atoms. The van der Waals surface area contributed by atoms with Gasteiger partial charge in [0.05, 0.1) is 16.3 Å². The number of halogens is 3. The van der Waals surface area contributed by atoms with Crippen molar-refractivity contribution < 1.29 is 37.1 Å². The number of aryl methyl sites for hydroxylation is 2.